The average molecular weight is 262 g/mol. The van der Waals surface area contributed by atoms with E-state index in [1.165, 1.54) is 12.1 Å². The van der Waals surface area contributed by atoms with Crippen molar-refractivity contribution >= 4 is 34.8 Å². The Balaban J connectivity index is 2.85. The summed E-state index contributed by atoms with van der Waals surface area (Å²) in [5.74, 6) is 0.0591. The molecule has 5 heteroatoms. The summed E-state index contributed by atoms with van der Waals surface area (Å²) in [7, 11) is 0. The van der Waals surface area contributed by atoms with Crippen molar-refractivity contribution in [3.8, 4) is 5.75 Å². The molecule has 0 aliphatic heterocycles. The SMILES string of the molecule is CC(C)(CCl)C(=O)Nc1ccc(O)cc1Cl. The van der Waals surface area contributed by atoms with Crippen molar-refractivity contribution < 1.29 is 9.90 Å². The Hall–Kier alpha value is -0.930. The van der Waals surface area contributed by atoms with Crippen LogP contribution in [-0.4, -0.2) is 16.9 Å². The molecule has 0 radical (unpaired) electrons. The summed E-state index contributed by atoms with van der Waals surface area (Å²) in [6, 6.07) is 4.36. The van der Waals surface area contributed by atoms with Crippen LogP contribution < -0.4 is 5.32 Å². The molecule has 3 nitrogen and oxygen atoms in total. The maximum atomic E-state index is 11.8. The smallest absolute Gasteiger partial charge is 0.231 e. The second-order valence-corrected chi connectivity index (χ2v) is 4.81. The molecule has 1 aromatic carbocycles. The zero-order valence-corrected chi connectivity index (χ0v) is 10.6. The number of rotatable bonds is 3. The normalized spacial score (nSPS) is 11.2. The van der Waals surface area contributed by atoms with Gasteiger partial charge in [-0.15, -0.1) is 11.6 Å². The van der Waals surface area contributed by atoms with Crippen molar-refractivity contribution in [2.75, 3.05) is 11.2 Å². The highest BCUT2D eigenvalue weighted by Gasteiger charge is 2.26. The molecule has 0 atom stereocenters. The van der Waals surface area contributed by atoms with E-state index in [0.29, 0.717) is 10.7 Å². The van der Waals surface area contributed by atoms with Gasteiger partial charge in [0, 0.05) is 11.9 Å². The molecule has 0 fully saturated rings. The third-order valence-electron chi connectivity index (χ3n) is 2.15. The lowest BCUT2D eigenvalue weighted by atomic mass is 9.95. The van der Waals surface area contributed by atoms with E-state index in [9.17, 15) is 4.79 Å². The van der Waals surface area contributed by atoms with E-state index in [4.69, 9.17) is 28.3 Å². The fourth-order valence-corrected chi connectivity index (χ4v) is 1.30. The first-order valence-electron chi connectivity index (χ1n) is 4.73. The van der Waals surface area contributed by atoms with Crippen LogP contribution in [0.4, 0.5) is 5.69 Å². The molecule has 0 bridgehead atoms. The van der Waals surface area contributed by atoms with E-state index in [0.717, 1.165) is 0 Å². The number of carbonyl (C=O) groups excluding carboxylic acids is 1. The van der Waals surface area contributed by atoms with Crippen LogP contribution in [0.5, 0.6) is 5.75 Å². The summed E-state index contributed by atoms with van der Waals surface area (Å²) in [6.07, 6.45) is 0. The summed E-state index contributed by atoms with van der Waals surface area (Å²) in [4.78, 5) is 11.8. The maximum absolute atomic E-state index is 11.8. The molecule has 1 aromatic rings. The fraction of sp³-hybridized carbons (Fsp3) is 0.364. The number of phenols is 1. The van der Waals surface area contributed by atoms with E-state index >= 15 is 0 Å². The first kappa shape index (κ1) is 13.1. The number of hydrogen-bond donors (Lipinski definition) is 2. The van der Waals surface area contributed by atoms with Gasteiger partial charge >= 0.3 is 0 Å². The molecule has 0 saturated heterocycles. The molecule has 0 heterocycles. The summed E-state index contributed by atoms with van der Waals surface area (Å²) in [5.41, 5.74) is -0.203. The molecule has 1 amide bonds. The predicted molar refractivity (Wildman–Crippen MR) is 66.2 cm³/mol. The minimum absolute atomic E-state index is 0.0552. The molecule has 16 heavy (non-hydrogen) atoms. The zero-order valence-electron chi connectivity index (χ0n) is 9.05. The second kappa shape index (κ2) is 4.93. The second-order valence-electron chi connectivity index (χ2n) is 4.14. The van der Waals surface area contributed by atoms with Gasteiger partial charge in [-0.2, -0.15) is 0 Å². The van der Waals surface area contributed by atoms with Crippen molar-refractivity contribution in [1.29, 1.82) is 0 Å². The molecule has 0 spiro atoms. The predicted octanol–water partition coefficient (Wildman–Crippen LogP) is 3.25. The molecular weight excluding hydrogens is 249 g/mol. The lowest BCUT2D eigenvalue weighted by Crippen LogP contribution is -2.32. The summed E-state index contributed by atoms with van der Waals surface area (Å²) < 4.78 is 0. The molecule has 2 N–H and O–H groups in total. The van der Waals surface area contributed by atoms with Crippen LogP contribution in [0.2, 0.25) is 5.02 Å². The minimum Gasteiger partial charge on any atom is -0.508 e. The lowest BCUT2D eigenvalue weighted by Gasteiger charge is -2.20. The summed E-state index contributed by atoms with van der Waals surface area (Å²) in [5, 5.41) is 12.1. The van der Waals surface area contributed by atoms with Gasteiger partial charge in [0.05, 0.1) is 16.1 Å². The van der Waals surface area contributed by atoms with Gasteiger partial charge in [0.25, 0.3) is 0 Å². The monoisotopic (exact) mass is 261 g/mol. The molecular formula is C11H13Cl2NO2. The van der Waals surface area contributed by atoms with Crippen molar-refractivity contribution in [2.45, 2.75) is 13.8 Å². The van der Waals surface area contributed by atoms with E-state index in [1.54, 1.807) is 19.9 Å². The quantitative estimate of drug-likeness (QED) is 0.648. The van der Waals surface area contributed by atoms with E-state index in [-0.39, 0.29) is 17.5 Å². The van der Waals surface area contributed by atoms with Crippen molar-refractivity contribution in [1.82, 2.24) is 0 Å². The van der Waals surface area contributed by atoms with Crippen LogP contribution >= 0.6 is 23.2 Å². The molecule has 0 aliphatic carbocycles. The van der Waals surface area contributed by atoms with E-state index < -0.39 is 5.41 Å². The molecule has 0 aliphatic rings. The van der Waals surface area contributed by atoms with Crippen LogP contribution in [-0.2, 0) is 4.79 Å². The lowest BCUT2D eigenvalue weighted by molar-refractivity contribution is -0.122. The van der Waals surface area contributed by atoms with Crippen LogP contribution in [0.3, 0.4) is 0 Å². The van der Waals surface area contributed by atoms with Gasteiger partial charge in [0.1, 0.15) is 5.75 Å². The van der Waals surface area contributed by atoms with Crippen LogP contribution in [0.25, 0.3) is 0 Å². The van der Waals surface area contributed by atoms with Crippen molar-refractivity contribution in [2.24, 2.45) is 5.41 Å². The van der Waals surface area contributed by atoms with Crippen molar-refractivity contribution in [3.05, 3.63) is 23.2 Å². The first-order valence-corrected chi connectivity index (χ1v) is 5.64. The van der Waals surface area contributed by atoms with Crippen LogP contribution in [0.15, 0.2) is 18.2 Å². The Bertz CT molecular complexity index is 405. The number of carbonyl (C=O) groups is 1. The number of benzene rings is 1. The number of anilines is 1. The summed E-state index contributed by atoms with van der Waals surface area (Å²) in [6.45, 7) is 3.48. The average Bonchev–Trinajstić information content (AvgIpc) is 2.22. The maximum Gasteiger partial charge on any atom is 0.231 e. The number of alkyl halides is 1. The van der Waals surface area contributed by atoms with Crippen LogP contribution in [0.1, 0.15) is 13.8 Å². The van der Waals surface area contributed by atoms with Gasteiger partial charge in [-0.05, 0) is 26.0 Å². The molecule has 0 aromatic heterocycles. The third-order valence-corrected chi connectivity index (χ3v) is 3.13. The first-order chi connectivity index (χ1) is 7.36. The van der Waals surface area contributed by atoms with E-state index in [1.807, 2.05) is 0 Å². The Labute approximate surface area is 104 Å². The van der Waals surface area contributed by atoms with Gasteiger partial charge in [-0.1, -0.05) is 11.6 Å². The number of phenolic OH excluding ortho intramolecular Hbond substituents is 1. The largest absolute Gasteiger partial charge is 0.508 e. The number of hydrogen-bond acceptors (Lipinski definition) is 2. The third kappa shape index (κ3) is 3.03. The highest BCUT2D eigenvalue weighted by molar-refractivity contribution is 6.34. The number of nitrogens with one attached hydrogen (secondary N) is 1. The Morgan fingerprint density at radius 1 is 1.50 bits per heavy atom. The number of aromatic hydroxyl groups is 1. The van der Waals surface area contributed by atoms with Gasteiger partial charge in [0.15, 0.2) is 0 Å². The Kier molecular flexibility index (Phi) is 4.05. The standard InChI is InChI=1S/C11H13Cl2NO2/c1-11(2,6-12)10(16)14-9-4-3-7(15)5-8(9)13/h3-5,15H,6H2,1-2H3,(H,14,16). The molecule has 1 rings (SSSR count). The molecule has 0 unspecified atom stereocenters. The van der Waals surface area contributed by atoms with Gasteiger partial charge in [0.2, 0.25) is 5.91 Å². The van der Waals surface area contributed by atoms with E-state index in [2.05, 4.69) is 5.32 Å². The summed E-state index contributed by atoms with van der Waals surface area (Å²) >= 11 is 11.5. The Morgan fingerprint density at radius 3 is 2.62 bits per heavy atom. The number of amides is 1. The fourth-order valence-electron chi connectivity index (χ4n) is 0.958. The minimum atomic E-state index is -0.664. The zero-order chi connectivity index (χ0) is 12.3. The van der Waals surface area contributed by atoms with Gasteiger partial charge in [-0.25, -0.2) is 0 Å². The highest BCUT2D eigenvalue weighted by atomic mass is 35.5. The van der Waals surface area contributed by atoms with Crippen LogP contribution in [0, 0.1) is 5.41 Å². The topological polar surface area (TPSA) is 49.3 Å². The number of halogens is 2. The van der Waals surface area contributed by atoms with Crippen molar-refractivity contribution in [3.63, 3.8) is 0 Å². The molecule has 0 saturated carbocycles. The van der Waals surface area contributed by atoms with Gasteiger partial charge in [-0.3, -0.25) is 4.79 Å². The molecule has 88 valence electrons. The Morgan fingerprint density at radius 2 is 2.12 bits per heavy atom. The van der Waals surface area contributed by atoms with Gasteiger partial charge < -0.3 is 10.4 Å². The highest BCUT2D eigenvalue weighted by Crippen LogP contribution is 2.28.